The summed E-state index contributed by atoms with van der Waals surface area (Å²) in [6.07, 6.45) is 0.154. The van der Waals surface area contributed by atoms with Crippen LogP contribution < -0.4 is 4.72 Å². The summed E-state index contributed by atoms with van der Waals surface area (Å²) >= 11 is 3.32. The number of rotatable bonds is 4. The molecule has 1 aliphatic heterocycles. The van der Waals surface area contributed by atoms with E-state index in [1.165, 1.54) is 4.90 Å². The summed E-state index contributed by atoms with van der Waals surface area (Å²) in [6, 6.07) is 6.46. The lowest BCUT2D eigenvalue weighted by Crippen LogP contribution is -2.40. The highest BCUT2D eigenvalue weighted by Crippen LogP contribution is 2.18. The fourth-order valence-electron chi connectivity index (χ4n) is 2.43. The van der Waals surface area contributed by atoms with Crippen LogP contribution in [0.5, 0.6) is 0 Å². The number of hydrogen-bond donors (Lipinski definition) is 1. The van der Waals surface area contributed by atoms with E-state index in [1.54, 1.807) is 39.0 Å². The zero-order chi connectivity index (χ0) is 18.0. The van der Waals surface area contributed by atoms with Gasteiger partial charge in [-0.05, 0) is 44.9 Å². The highest BCUT2D eigenvalue weighted by Gasteiger charge is 2.32. The van der Waals surface area contributed by atoms with Gasteiger partial charge in [-0.3, -0.25) is 0 Å². The van der Waals surface area contributed by atoms with E-state index in [1.807, 2.05) is 6.07 Å². The maximum absolute atomic E-state index is 12.5. The van der Waals surface area contributed by atoms with E-state index in [0.717, 1.165) is 5.56 Å². The Morgan fingerprint density at radius 2 is 2.12 bits per heavy atom. The molecule has 134 valence electrons. The van der Waals surface area contributed by atoms with Gasteiger partial charge in [-0.15, -0.1) is 0 Å². The van der Waals surface area contributed by atoms with Crippen molar-refractivity contribution in [3.8, 4) is 0 Å². The molecule has 0 saturated carbocycles. The van der Waals surface area contributed by atoms with Crippen LogP contribution in [0, 0.1) is 0 Å². The summed E-state index contributed by atoms with van der Waals surface area (Å²) in [5.74, 6) is 0. The highest BCUT2D eigenvalue weighted by atomic mass is 79.9. The van der Waals surface area contributed by atoms with Gasteiger partial charge in [0.1, 0.15) is 5.60 Å². The zero-order valence-electron chi connectivity index (χ0n) is 14.1. The first kappa shape index (κ1) is 19.2. The van der Waals surface area contributed by atoms with Crippen molar-refractivity contribution in [3.05, 3.63) is 29.8 Å². The minimum Gasteiger partial charge on any atom is -0.444 e. The smallest absolute Gasteiger partial charge is 0.410 e. The number of nitrogens with zero attached hydrogens (tertiary/aromatic N) is 1. The fourth-order valence-corrected chi connectivity index (χ4v) is 4.11. The van der Waals surface area contributed by atoms with Crippen LogP contribution >= 0.6 is 15.9 Å². The van der Waals surface area contributed by atoms with Gasteiger partial charge in [0.2, 0.25) is 10.0 Å². The molecule has 24 heavy (non-hydrogen) atoms. The fraction of sp³-hybridized carbons (Fsp3) is 0.562. The molecule has 1 aliphatic rings. The van der Waals surface area contributed by atoms with Crippen molar-refractivity contribution in [1.82, 2.24) is 9.62 Å². The van der Waals surface area contributed by atoms with E-state index in [0.29, 0.717) is 24.8 Å². The zero-order valence-corrected chi connectivity index (χ0v) is 16.5. The molecule has 1 fully saturated rings. The summed E-state index contributed by atoms with van der Waals surface area (Å²) in [4.78, 5) is 13.8. The third-order valence-electron chi connectivity index (χ3n) is 3.52. The van der Waals surface area contributed by atoms with Crippen molar-refractivity contribution >= 4 is 32.0 Å². The summed E-state index contributed by atoms with van der Waals surface area (Å²) < 4.78 is 33.0. The van der Waals surface area contributed by atoms with Crippen molar-refractivity contribution in [2.24, 2.45) is 0 Å². The molecule has 6 nitrogen and oxygen atoms in total. The molecule has 8 heteroatoms. The lowest BCUT2D eigenvalue weighted by Gasteiger charge is -2.24. The third-order valence-corrected chi connectivity index (χ3v) is 5.69. The van der Waals surface area contributed by atoms with E-state index >= 15 is 0 Å². The van der Waals surface area contributed by atoms with Gasteiger partial charge in [-0.25, -0.2) is 17.9 Å². The monoisotopic (exact) mass is 418 g/mol. The predicted octanol–water partition coefficient (Wildman–Crippen LogP) is 2.87. The number of nitrogens with one attached hydrogen (secondary N) is 1. The predicted molar refractivity (Wildman–Crippen MR) is 95.6 cm³/mol. The van der Waals surface area contributed by atoms with Crippen LogP contribution in [-0.2, 0) is 20.1 Å². The number of halogens is 1. The molecule has 1 atom stereocenters. The molecule has 1 N–H and O–H groups in total. The Morgan fingerprint density at radius 1 is 1.42 bits per heavy atom. The topological polar surface area (TPSA) is 75.7 Å². The maximum atomic E-state index is 12.5. The van der Waals surface area contributed by atoms with E-state index in [4.69, 9.17) is 4.74 Å². The van der Waals surface area contributed by atoms with Crippen molar-refractivity contribution in [3.63, 3.8) is 0 Å². The van der Waals surface area contributed by atoms with Gasteiger partial charge in [0.05, 0.1) is 4.90 Å². The SMILES string of the molecule is CC(C)(C)OC(=O)N1CC[C@@H](NS(=O)(=O)c2cccc(CBr)c2)C1. The maximum Gasteiger partial charge on any atom is 0.410 e. The van der Waals surface area contributed by atoms with Gasteiger partial charge < -0.3 is 9.64 Å². The second kappa shape index (κ2) is 7.41. The van der Waals surface area contributed by atoms with Gasteiger partial charge >= 0.3 is 6.09 Å². The van der Waals surface area contributed by atoms with Gasteiger partial charge in [-0.2, -0.15) is 0 Å². The van der Waals surface area contributed by atoms with Crippen LogP contribution in [0.4, 0.5) is 4.79 Å². The number of hydrogen-bond acceptors (Lipinski definition) is 4. The second-order valence-electron chi connectivity index (χ2n) is 6.81. The van der Waals surface area contributed by atoms with Crippen molar-refractivity contribution in [1.29, 1.82) is 0 Å². The average Bonchev–Trinajstić information content (AvgIpc) is 2.93. The van der Waals surface area contributed by atoms with Crippen LogP contribution in [0.2, 0.25) is 0 Å². The molecular formula is C16H23BrN2O4S. The van der Waals surface area contributed by atoms with Gasteiger partial charge in [0, 0.05) is 24.5 Å². The third kappa shape index (κ3) is 5.19. The minimum absolute atomic E-state index is 0.232. The molecule has 1 heterocycles. The Hall–Kier alpha value is -1.12. The number of alkyl halides is 1. The largest absolute Gasteiger partial charge is 0.444 e. The van der Waals surface area contributed by atoms with E-state index in [9.17, 15) is 13.2 Å². The van der Waals surface area contributed by atoms with Crippen LogP contribution in [-0.4, -0.2) is 44.1 Å². The summed E-state index contributed by atoms with van der Waals surface area (Å²) in [7, 11) is -3.61. The first-order valence-corrected chi connectivity index (χ1v) is 10.4. The quantitative estimate of drug-likeness (QED) is 0.762. The number of carbonyl (C=O) groups is 1. The normalized spacial score (nSPS) is 18.7. The molecule has 2 rings (SSSR count). The molecule has 0 bridgehead atoms. The van der Waals surface area contributed by atoms with Crippen LogP contribution in [0.25, 0.3) is 0 Å². The summed E-state index contributed by atoms with van der Waals surface area (Å²) in [6.45, 7) is 6.20. The first-order chi connectivity index (χ1) is 11.1. The van der Waals surface area contributed by atoms with Crippen molar-refractivity contribution in [2.75, 3.05) is 13.1 Å². The lowest BCUT2D eigenvalue weighted by molar-refractivity contribution is 0.0292. The Labute approximate surface area is 151 Å². The standard InChI is InChI=1S/C16H23BrN2O4S/c1-16(2,3)23-15(20)19-8-7-13(11-19)18-24(21,22)14-6-4-5-12(9-14)10-17/h4-6,9,13,18H,7-8,10-11H2,1-3H3/t13-/m1/s1. The number of benzene rings is 1. The molecule has 0 aromatic heterocycles. The molecule has 1 saturated heterocycles. The molecule has 0 aliphatic carbocycles. The Kier molecular flexibility index (Phi) is 5.93. The van der Waals surface area contributed by atoms with Crippen molar-refractivity contribution in [2.45, 2.75) is 49.1 Å². The molecule has 1 amide bonds. The van der Waals surface area contributed by atoms with Crippen molar-refractivity contribution < 1.29 is 17.9 Å². The molecular weight excluding hydrogens is 396 g/mol. The Bertz CT molecular complexity index is 700. The Balaban J connectivity index is 2.00. The minimum atomic E-state index is -3.61. The van der Waals surface area contributed by atoms with Gasteiger partial charge in [0.15, 0.2) is 0 Å². The second-order valence-corrected chi connectivity index (χ2v) is 9.09. The molecule has 1 aromatic rings. The van der Waals surface area contributed by atoms with Gasteiger partial charge in [-0.1, -0.05) is 28.1 Å². The molecule has 0 spiro atoms. The molecule has 0 radical (unpaired) electrons. The molecule has 1 aromatic carbocycles. The highest BCUT2D eigenvalue weighted by molar-refractivity contribution is 9.08. The van der Waals surface area contributed by atoms with Crippen LogP contribution in [0.15, 0.2) is 29.2 Å². The number of likely N-dealkylation sites (tertiary alicyclic amines) is 1. The summed E-state index contributed by atoms with van der Waals surface area (Å²) in [5.41, 5.74) is 0.324. The average molecular weight is 419 g/mol. The van der Waals surface area contributed by atoms with Gasteiger partial charge in [0.25, 0.3) is 0 Å². The Morgan fingerprint density at radius 3 is 2.75 bits per heavy atom. The number of sulfonamides is 1. The van der Waals surface area contributed by atoms with Crippen LogP contribution in [0.3, 0.4) is 0 Å². The van der Waals surface area contributed by atoms with E-state index in [2.05, 4.69) is 20.7 Å². The number of carbonyl (C=O) groups excluding carboxylic acids is 1. The van der Waals surface area contributed by atoms with E-state index < -0.39 is 21.7 Å². The van der Waals surface area contributed by atoms with Crippen LogP contribution in [0.1, 0.15) is 32.8 Å². The van der Waals surface area contributed by atoms with E-state index in [-0.39, 0.29) is 10.9 Å². The lowest BCUT2D eigenvalue weighted by atomic mass is 10.2. The molecule has 0 unspecified atom stereocenters. The summed E-state index contributed by atoms with van der Waals surface area (Å²) in [5, 5.41) is 0.589. The number of amides is 1. The number of ether oxygens (including phenoxy) is 1. The first-order valence-electron chi connectivity index (χ1n) is 7.76.